The molecular formula is C20H24FN2O2+. The zero-order valence-corrected chi connectivity index (χ0v) is 14.4. The van der Waals surface area contributed by atoms with Crippen molar-refractivity contribution in [3.8, 4) is 5.75 Å². The van der Waals surface area contributed by atoms with Gasteiger partial charge in [0.05, 0.1) is 18.3 Å². The first-order valence-electron chi connectivity index (χ1n) is 8.76. The molecule has 0 spiro atoms. The third kappa shape index (κ3) is 5.03. The predicted octanol–water partition coefficient (Wildman–Crippen LogP) is 2.41. The molecule has 1 amide bonds. The van der Waals surface area contributed by atoms with E-state index in [0.29, 0.717) is 30.6 Å². The number of benzene rings is 2. The lowest BCUT2D eigenvalue weighted by Gasteiger charge is -2.19. The summed E-state index contributed by atoms with van der Waals surface area (Å²) in [5.41, 5.74) is 1.75. The van der Waals surface area contributed by atoms with Crippen LogP contribution in [0.4, 0.5) is 10.1 Å². The van der Waals surface area contributed by atoms with Crippen molar-refractivity contribution in [2.75, 3.05) is 18.5 Å². The molecule has 0 saturated heterocycles. The van der Waals surface area contributed by atoms with E-state index in [2.05, 4.69) is 5.32 Å². The van der Waals surface area contributed by atoms with Crippen molar-refractivity contribution in [1.82, 2.24) is 0 Å². The smallest absolute Gasteiger partial charge is 0.279 e. The van der Waals surface area contributed by atoms with Gasteiger partial charge in [0, 0.05) is 18.4 Å². The molecule has 0 aromatic heterocycles. The largest absolute Gasteiger partial charge is 0.492 e. The van der Waals surface area contributed by atoms with Gasteiger partial charge in [-0.05, 0) is 31.2 Å². The van der Waals surface area contributed by atoms with Gasteiger partial charge < -0.3 is 15.0 Å². The first-order valence-corrected chi connectivity index (χ1v) is 8.76. The van der Waals surface area contributed by atoms with Crippen LogP contribution in [-0.4, -0.2) is 25.1 Å². The van der Waals surface area contributed by atoms with Gasteiger partial charge in [-0.25, -0.2) is 4.39 Å². The average molecular weight is 343 g/mol. The zero-order chi connectivity index (χ0) is 17.6. The number of carbonyl (C=O) groups excluding carboxylic acids is 1. The molecule has 1 aliphatic rings. The van der Waals surface area contributed by atoms with Gasteiger partial charge in [-0.3, -0.25) is 4.79 Å². The van der Waals surface area contributed by atoms with Crippen molar-refractivity contribution >= 4 is 11.6 Å². The summed E-state index contributed by atoms with van der Waals surface area (Å²) in [6.45, 7) is 3.59. The normalized spacial score (nSPS) is 14.8. The van der Waals surface area contributed by atoms with Crippen molar-refractivity contribution < 1.29 is 18.8 Å². The number of ether oxygens (including phenoxy) is 1. The van der Waals surface area contributed by atoms with Gasteiger partial charge >= 0.3 is 0 Å². The summed E-state index contributed by atoms with van der Waals surface area (Å²) in [6, 6.07) is 14.5. The minimum Gasteiger partial charge on any atom is -0.492 e. The van der Waals surface area contributed by atoms with Crippen LogP contribution in [0.25, 0.3) is 0 Å². The molecule has 0 heterocycles. The molecule has 5 heteroatoms. The Kier molecular flexibility index (Phi) is 5.66. The van der Waals surface area contributed by atoms with Crippen LogP contribution < -0.4 is 15.0 Å². The second kappa shape index (κ2) is 8.12. The lowest BCUT2D eigenvalue weighted by Crippen LogP contribution is -3.13. The minimum atomic E-state index is -0.234. The SMILES string of the molecule is CCOc1ccccc1NC(=O)C[NH+](Cc1ccc(F)cc1)C1CC1. The topological polar surface area (TPSA) is 42.8 Å². The summed E-state index contributed by atoms with van der Waals surface area (Å²) in [4.78, 5) is 13.7. The number of hydrogen-bond acceptors (Lipinski definition) is 2. The molecule has 4 nitrogen and oxygen atoms in total. The summed E-state index contributed by atoms with van der Waals surface area (Å²) >= 11 is 0. The van der Waals surface area contributed by atoms with Crippen molar-refractivity contribution in [2.45, 2.75) is 32.4 Å². The summed E-state index contributed by atoms with van der Waals surface area (Å²) in [6.07, 6.45) is 2.28. The highest BCUT2D eigenvalue weighted by atomic mass is 19.1. The highest BCUT2D eigenvalue weighted by Crippen LogP contribution is 2.23. The van der Waals surface area contributed by atoms with Gasteiger partial charge in [-0.15, -0.1) is 0 Å². The maximum atomic E-state index is 13.1. The molecule has 2 aromatic carbocycles. The number of nitrogens with one attached hydrogen (secondary N) is 2. The number of rotatable bonds is 8. The Balaban J connectivity index is 1.62. The Labute approximate surface area is 147 Å². The highest BCUT2D eigenvalue weighted by Gasteiger charge is 2.34. The van der Waals surface area contributed by atoms with Gasteiger partial charge in [-0.1, -0.05) is 24.3 Å². The molecule has 132 valence electrons. The van der Waals surface area contributed by atoms with Gasteiger partial charge in [0.1, 0.15) is 18.1 Å². The molecule has 2 aromatic rings. The third-order valence-corrected chi connectivity index (χ3v) is 4.35. The quantitative estimate of drug-likeness (QED) is 0.773. The summed E-state index contributed by atoms with van der Waals surface area (Å²) in [5, 5.41) is 2.96. The van der Waals surface area contributed by atoms with E-state index in [4.69, 9.17) is 4.74 Å². The van der Waals surface area contributed by atoms with E-state index in [1.807, 2.05) is 31.2 Å². The molecule has 1 aliphatic carbocycles. The van der Waals surface area contributed by atoms with Crippen LogP contribution in [-0.2, 0) is 11.3 Å². The highest BCUT2D eigenvalue weighted by molar-refractivity contribution is 5.92. The maximum Gasteiger partial charge on any atom is 0.279 e. The van der Waals surface area contributed by atoms with Gasteiger partial charge in [0.25, 0.3) is 5.91 Å². The molecule has 3 rings (SSSR count). The van der Waals surface area contributed by atoms with Crippen LogP contribution in [0.1, 0.15) is 25.3 Å². The molecule has 1 fully saturated rings. The Bertz CT molecular complexity index is 714. The fourth-order valence-corrected chi connectivity index (χ4v) is 2.96. The van der Waals surface area contributed by atoms with Gasteiger partial charge in [0.2, 0.25) is 0 Å². The third-order valence-electron chi connectivity index (χ3n) is 4.35. The molecular weight excluding hydrogens is 319 g/mol. The second-order valence-corrected chi connectivity index (χ2v) is 6.39. The van der Waals surface area contributed by atoms with Crippen LogP contribution in [0.15, 0.2) is 48.5 Å². The number of halogens is 1. The van der Waals surface area contributed by atoms with Crippen molar-refractivity contribution in [3.63, 3.8) is 0 Å². The van der Waals surface area contributed by atoms with E-state index < -0.39 is 0 Å². The van der Waals surface area contributed by atoms with Crippen LogP contribution in [0.3, 0.4) is 0 Å². The minimum absolute atomic E-state index is 0.0313. The van der Waals surface area contributed by atoms with Crippen molar-refractivity contribution in [2.24, 2.45) is 0 Å². The Hall–Kier alpha value is -2.40. The molecule has 25 heavy (non-hydrogen) atoms. The first-order chi connectivity index (χ1) is 12.2. The standard InChI is InChI=1S/C20H23FN2O2/c1-2-25-19-6-4-3-5-18(19)22-20(24)14-23(17-11-12-17)13-15-7-9-16(21)10-8-15/h3-10,17H,2,11-14H2,1H3,(H,22,24)/p+1. The lowest BCUT2D eigenvalue weighted by molar-refractivity contribution is -0.916. The van der Waals surface area contributed by atoms with Crippen LogP contribution in [0.2, 0.25) is 0 Å². The average Bonchev–Trinajstić information content (AvgIpc) is 3.43. The Morgan fingerprint density at radius 1 is 1.20 bits per heavy atom. The number of para-hydroxylation sites is 2. The molecule has 0 aliphatic heterocycles. The predicted molar refractivity (Wildman–Crippen MR) is 95.2 cm³/mol. The second-order valence-electron chi connectivity index (χ2n) is 6.39. The fraction of sp³-hybridized carbons (Fsp3) is 0.350. The number of carbonyl (C=O) groups is 1. The van der Waals surface area contributed by atoms with Crippen LogP contribution in [0, 0.1) is 5.82 Å². The monoisotopic (exact) mass is 343 g/mol. The maximum absolute atomic E-state index is 13.1. The van der Waals surface area contributed by atoms with E-state index in [-0.39, 0.29) is 11.7 Å². The van der Waals surface area contributed by atoms with Gasteiger partial charge in [0.15, 0.2) is 6.54 Å². The molecule has 1 unspecified atom stereocenters. The lowest BCUT2D eigenvalue weighted by atomic mass is 10.2. The van der Waals surface area contributed by atoms with Crippen molar-refractivity contribution in [3.05, 3.63) is 59.9 Å². The molecule has 2 N–H and O–H groups in total. The summed E-state index contributed by atoms with van der Waals surface area (Å²) in [7, 11) is 0. The molecule has 0 bridgehead atoms. The number of amides is 1. The van der Waals surface area contributed by atoms with E-state index in [1.165, 1.54) is 17.0 Å². The van der Waals surface area contributed by atoms with Crippen LogP contribution in [0.5, 0.6) is 5.75 Å². The van der Waals surface area contributed by atoms with E-state index in [0.717, 1.165) is 24.9 Å². The zero-order valence-electron chi connectivity index (χ0n) is 14.4. The Morgan fingerprint density at radius 3 is 2.60 bits per heavy atom. The molecule has 0 radical (unpaired) electrons. The van der Waals surface area contributed by atoms with E-state index >= 15 is 0 Å². The fourth-order valence-electron chi connectivity index (χ4n) is 2.96. The number of quaternary nitrogens is 1. The summed E-state index contributed by atoms with van der Waals surface area (Å²) < 4.78 is 18.6. The van der Waals surface area contributed by atoms with Crippen molar-refractivity contribution in [1.29, 1.82) is 0 Å². The number of anilines is 1. The molecule has 1 atom stereocenters. The first kappa shape index (κ1) is 17.4. The Morgan fingerprint density at radius 2 is 1.92 bits per heavy atom. The van der Waals surface area contributed by atoms with E-state index in [9.17, 15) is 9.18 Å². The summed E-state index contributed by atoms with van der Waals surface area (Å²) in [5.74, 6) is 0.419. The van der Waals surface area contributed by atoms with Crippen LogP contribution >= 0.6 is 0 Å². The van der Waals surface area contributed by atoms with E-state index in [1.54, 1.807) is 12.1 Å². The number of hydrogen-bond donors (Lipinski definition) is 2. The molecule has 1 saturated carbocycles. The van der Waals surface area contributed by atoms with Gasteiger partial charge in [-0.2, -0.15) is 0 Å².